The monoisotopic (exact) mass is 279 g/mol. The van der Waals surface area contributed by atoms with Gasteiger partial charge >= 0.3 is 5.97 Å². The highest BCUT2D eigenvalue weighted by molar-refractivity contribution is 7.99. The van der Waals surface area contributed by atoms with E-state index in [-0.39, 0.29) is 17.5 Å². The first-order chi connectivity index (χ1) is 9.10. The van der Waals surface area contributed by atoms with Crippen LogP contribution in [0.5, 0.6) is 0 Å². The quantitative estimate of drug-likeness (QED) is 0.888. The predicted molar refractivity (Wildman–Crippen MR) is 75.8 cm³/mol. The zero-order valence-electron chi connectivity index (χ0n) is 10.8. The Morgan fingerprint density at radius 1 is 1.32 bits per heavy atom. The molecule has 0 aromatic heterocycles. The molecular weight excluding hydrogens is 262 g/mol. The van der Waals surface area contributed by atoms with Crippen LogP contribution in [0.15, 0.2) is 24.3 Å². The van der Waals surface area contributed by atoms with Gasteiger partial charge in [-0.05, 0) is 43.7 Å². The molecule has 2 atom stereocenters. The number of hydrogen-bond acceptors (Lipinski definition) is 3. The molecule has 0 saturated heterocycles. The second-order valence-corrected chi connectivity index (χ2v) is 5.87. The molecule has 2 N–H and O–H groups in total. The standard InChI is InChI=1S/C14H17NO3S/c1-19-12-6-5-11(8-12)15-13(16)9-3-2-4-10(7-9)14(17)18/h2-4,7,11-12H,5-6,8H2,1H3,(H,15,16)(H,17,18). The molecule has 2 rings (SSSR count). The molecule has 1 aliphatic rings. The van der Waals surface area contributed by atoms with Crippen LogP contribution in [0.2, 0.25) is 0 Å². The molecule has 102 valence electrons. The predicted octanol–water partition coefficient (Wildman–Crippen LogP) is 2.40. The first-order valence-electron chi connectivity index (χ1n) is 6.27. The van der Waals surface area contributed by atoms with Gasteiger partial charge in [0.2, 0.25) is 0 Å². The largest absolute Gasteiger partial charge is 0.478 e. The summed E-state index contributed by atoms with van der Waals surface area (Å²) in [4.78, 5) is 22.9. The van der Waals surface area contributed by atoms with Gasteiger partial charge in [-0.1, -0.05) is 6.07 Å². The van der Waals surface area contributed by atoms with Crippen LogP contribution in [0.25, 0.3) is 0 Å². The van der Waals surface area contributed by atoms with Gasteiger partial charge in [-0.25, -0.2) is 4.79 Å². The SMILES string of the molecule is CSC1CCC(NC(=O)c2cccc(C(=O)O)c2)C1. The first kappa shape index (κ1) is 13.9. The Morgan fingerprint density at radius 3 is 2.68 bits per heavy atom. The van der Waals surface area contributed by atoms with Crippen LogP contribution >= 0.6 is 11.8 Å². The van der Waals surface area contributed by atoms with Gasteiger partial charge in [0.1, 0.15) is 0 Å². The molecule has 1 saturated carbocycles. The molecular formula is C14H17NO3S. The average molecular weight is 279 g/mol. The molecule has 19 heavy (non-hydrogen) atoms. The lowest BCUT2D eigenvalue weighted by Crippen LogP contribution is -2.33. The molecule has 1 aliphatic carbocycles. The van der Waals surface area contributed by atoms with Gasteiger partial charge in [-0.15, -0.1) is 0 Å². The van der Waals surface area contributed by atoms with Crippen LogP contribution in [0, 0.1) is 0 Å². The van der Waals surface area contributed by atoms with Crippen LogP contribution in [0.3, 0.4) is 0 Å². The molecule has 0 heterocycles. The van der Waals surface area contributed by atoms with Crippen LogP contribution in [0.1, 0.15) is 40.0 Å². The molecule has 0 aliphatic heterocycles. The number of carboxylic acid groups (broad SMARTS) is 1. The molecule has 0 radical (unpaired) electrons. The van der Waals surface area contributed by atoms with E-state index < -0.39 is 5.97 Å². The van der Waals surface area contributed by atoms with Gasteiger partial charge in [0, 0.05) is 16.9 Å². The third kappa shape index (κ3) is 3.50. The Labute approximate surface area is 116 Å². The zero-order valence-corrected chi connectivity index (χ0v) is 11.6. The number of carbonyl (C=O) groups is 2. The van der Waals surface area contributed by atoms with Crippen molar-refractivity contribution in [2.45, 2.75) is 30.6 Å². The summed E-state index contributed by atoms with van der Waals surface area (Å²) in [6, 6.07) is 6.34. The van der Waals surface area contributed by atoms with Crippen molar-refractivity contribution in [3.05, 3.63) is 35.4 Å². The van der Waals surface area contributed by atoms with Crippen LogP contribution in [-0.2, 0) is 0 Å². The van der Waals surface area contributed by atoms with E-state index in [1.165, 1.54) is 12.1 Å². The van der Waals surface area contributed by atoms with Crippen LogP contribution < -0.4 is 5.32 Å². The number of carboxylic acids is 1. The van der Waals surface area contributed by atoms with Crippen molar-refractivity contribution in [2.24, 2.45) is 0 Å². The van der Waals surface area contributed by atoms with E-state index in [4.69, 9.17) is 5.11 Å². The summed E-state index contributed by atoms with van der Waals surface area (Å²) in [5.74, 6) is -1.20. The van der Waals surface area contributed by atoms with Gasteiger partial charge in [-0.3, -0.25) is 4.79 Å². The van der Waals surface area contributed by atoms with Crippen molar-refractivity contribution in [3.63, 3.8) is 0 Å². The number of carbonyl (C=O) groups excluding carboxylic acids is 1. The van der Waals surface area contributed by atoms with E-state index in [1.54, 1.807) is 12.1 Å². The maximum Gasteiger partial charge on any atom is 0.335 e. The lowest BCUT2D eigenvalue weighted by Gasteiger charge is -2.13. The maximum absolute atomic E-state index is 12.1. The van der Waals surface area contributed by atoms with Crippen molar-refractivity contribution >= 4 is 23.6 Å². The van der Waals surface area contributed by atoms with E-state index >= 15 is 0 Å². The number of hydrogen-bond donors (Lipinski definition) is 2. The highest BCUT2D eigenvalue weighted by Gasteiger charge is 2.25. The van der Waals surface area contributed by atoms with Gasteiger partial charge in [-0.2, -0.15) is 11.8 Å². The normalized spacial score (nSPS) is 22.2. The number of nitrogens with one attached hydrogen (secondary N) is 1. The molecule has 4 nitrogen and oxygen atoms in total. The summed E-state index contributed by atoms with van der Waals surface area (Å²) < 4.78 is 0. The molecule has 1 aromatic carbocycles. The van der Waals surface area contributed by atoms with Crippen molar-refractivity contribution in [1.29, 1.82) is 0 Å². The molecule has 5 heteroatoms. The Hall–Kier alpha value is -1.49. The van der Waals surface area contributed by atoms with Gasteiger partial charge in [0.05, 0.1) is 5.56 Å². The molecule has 1 aromatic rings. The Balaban J connectivity index is 2.00. The third-order valence-corrected chi connectivity index (χ3v) is 4.52. The number of aromatic carboxylic acids is 1. The maximum atomic E-state index is 12.1. The molecule has 0 bridgehead atoms. The van der Waals surface area contributed by atoms with E-state index in [2.05, 4.69) is 11.6 Å². The second kappa shape index (κ2) is 6.10. The van der Waals surface area contributed by atoms with E-state index in [9.17, 15) is 9.59 Å². The van der Waals surface area contributed by atoms with Crippen molar-refractivity contribution in [1.82, 2.24) is 5.32 Å². The Bertz CT molecular complexity index is 489. The van der Waals surface area contributed by atoms with E-state index in [0.717, 1.165) is 19.3 Å². The summed E-state index contributed by atoms with van der Waals surface area (Å²) in [6.07, 6.45) is 5.20. The number of rotatable bonds is 4. The minimum absolute atomic E-state index is 0.140. The molecule has 1 fully saturated rings. The number of thioether (sulfide) groups is 1. The second-order valence-electron chi connectivity index (χ2n) is 4.73. The van der Waals surface area contributed by atoms with Crippen molar-refractivity contribution in [3.8, 4) is 0 Å². The summed E-state index contributed by atoms with van der Waals surface area (Å²) in [6.45, 7) is 0. The van der Waals surface area contributed by atoms with Gasteiger partial charge < -0.3 is 10.4 Å². The number of benzene rings is 1. The zero-order chi connectivity index (χ0) is 13.8. The van der Waals surface area contributed by atoms with Gasteiger partial charge in [0.15, 0.2) is 0 Å². The summed E-state index contributed by atoms with van der Waals surface area (Å²) in [7, 11) is 0. The molecule has 1 amide bonds. The van der Waals surface area contributed by atoms with Crippen molar-refractivity contribution < 1.29 is 14.7 Å². The minimum Gasteiger partial charge on any atom is -0.478 e. The lowest BCUT2D eigenvalue weighted by atomic mass is 10.1. The fourth-order valence-corrected chi connectivity index (χ4v) is 3.14. The highest BCUT2D eigenvalue weighted by atomic mass is 32.2. The van der Waals surface area contributed by atoms with Crippen LogP contribution in [0.4, 0.5) is 0 Å². The molecule has 0 spiro atoms. The Kier molecular flexibility index (Phi) is 4.47. The number of amides is 1. The smallest absolute Gasteiger partial charge is 0.335 e. The third-order valence-electron chi connectivity index (χ3n) is 3.42. The summed E-state index contributed by atoms with van der Waals surface area (Å²) in [5.41, 5.74) is 0.550. The topological polar surface area (TPSA) is 66.4 Å². The van der Waals surface area contributed by atoms with E-state index in [1.807, 2.05) is 11.8 Å². The van der Waals surface area contributed by atoms with E-state index in [0.29, 0.717) is 10.8 Å². The Morgan fingerprint density at radius 2 is 2.05 bits per heavy atom. The summed E-state index contributed by atoms with van der Waals surface area (Å²) in [5, 5.41) is 12.5. The van der Waals surface area contributed by atoms with Crippen molar-refractivity contribution in [2.75, 3.05) is 6.26 Å². The first-order valence-corrected chi connectivity index (χ1v) is 7.56. The van der Waals surface area contributed by atoms with Gasteiger partial charge in [0.25, 0.3) is 5.91 Å². The molecule has 2 unspecified atom stereocenters. The minimum atomic E-state index is -1.02. The fourth-order valence-electron chi connectivity index (χ4n) is 2.35. The van der Waals surface area contributed by atoms with Crippen LogP contribution in [-0.4, -0.2) is 34.5 Å². The highest BCUT2D eigenvalue weighted by Crippen LogP contribution is 2.28. The summed E-state index contributed by atoms with van der Waals surface area (Å²) >= 11 is 1.84. The average Bonchev–Trinajstić information content (AvgIpc) is 2.86. The fraction of sp³-hybridized carbons (Fsp3) is 0.429. The lowest BCUT2D eigenvalue weighted by molar-refractivity contribution is 0.0697.